The molecule has 16 nitrogen and oxygen atoms in total. The molecule has 3 heterocycles. The predicted octanol–water partition coefficient (Wildman–Crippen LogP) is 1.33. The normalized spacial score (nSPS) is 27.7. The summed E-state index contributed by atoms with van der Waals surface area (Å²) in [7, 11) is -3.89. The van der Waals surface area contributed by atoms with E-state index < -0.39 is 74.0 Å². The number of tetrazole rings is 1. The van der Waals surface area contributed by atoms with Crippen molar-refractivity contribution in [3.8, 4) is 11.4 Å². The molecule has 6 rings (SSSR count). The largest absolute Gasteiger partial charge is 0.491 e. The van der Waals surface area contributed by atoms with Crippen molar-refractivity contribution in [2.45, 2.75) is 88.1 Å². The number of para-hydroxylation sites is 2. The number of nitrogens with zero attached hydrogens (tertiary/aromatic N) is 5. The first-order chi connectivity index (χ1) is 23.2. The van der Waals surface area contributed by atoms with Crippen LogP contribution in [0.1, 0.15) is 71.0 Å². The van der Waals surface area contributed by atoms with Crippen molar-refractivity contribution in [3.63, 3.8) is 0 Å². The van der Waals surface area contributed by atoms with Gasteiger partial charge in [0.2, 0.25) is 21.8 Å². The molecule has 5 atom stereocenters. The van der Waals surface area contributed by atoms with E-state index in [4.69, 9.17) is 9.47 Å². The number of cyclic esters (lactones) is 1. The molecule has 17 heteroatoms. The Labute approximate surface area is 284 Å². The summed E-state index contributed by atoms with van der Waals surface area (Å²) in [5, 5.41) is 18.0. The summed E-state index contributed by atoms with van der Waals surface area (Å²) in [5.74, 6) is -2.31. The number of carbonyl (C=O) groups excluding carboxylic acids is 4. The Kier molecular flexibility index (Phi) is 9.15. The van der Waals surface area contributed by atoms with Crippen LogP contribution >= 0.6 is 0 Å². The van der Waals surface area contributed by atoms with Gasteiger partial charge in [-0.3, -0.25) is 19.1 Å². The zero-order chi connectivity index (χ0) is 35.1. The summed E-state index contributed by atoms with van der Waals surface area (Å²) in [6, 6.07) is 4.97. The van der Waals surface area contributed by atoms with E-state index in [-0.39, 0.29) is 31.8 Å². The van der Waals surface area contributed by atoms with Crippen LogP contribution in [0.5, 0.6) is 5.75 Å². The van der Waals surface area contributed by atoms with Crippen LogP contribution < -0.4 is 20.1 Å². The standard InChI is InChI=1S/C32H42N8O8S/c1-5-20-17-32(20,29(43)37-49(45,46)21-12-13-21)34-27(41)23-16-19-18-39(23)28(42)25(31(2,3)4)33-30(44)48-15-9-8-14-47-24-11-7-6-10-22(24)40-36-26(19)35-38-40/h5-7,10-11,19-21,23,25H,1,8-9,12-18H2,2-4H3,(H,33,44)(H,34,41)(H,37,43)/t19-,20-,23+,25-,32-/m1/s1. The molecular formula is C32H42N8O8S. The monoisotopic (exact) mass is 698 g/mol. The topological polar surface area (TPSA) is 204 Å². The molecule has 0 spiro atoms. The first-order valence-electron chi connectivity index (χ1n) is 16.5. The van der Waals surface area contributed by atoms with Gasteiger partial charge in [0.05, 0.1) is 18.5 Å². The lowest BCUT2D eigenvalue weighted by molar-refractivity contribution is -0.142. The Morgan fingerprint density at radius 3 is 2.51 bits per heavy atom. The van der Waals surface area contributed by atoms with Crippen molar-refractivity contribution >= 4 is 33.8 Å². The Morgan fingerprint density at radius 1 is 1.12 bits per heavy atom. The van der Waals surface area contributed by atoms with Crippen LogP contribution in [0.25, 0.3) is 5.69 Å². The van der Waals surface area contributed by atoms with Crippen molar-refractivity contribution in [2.75, 3.05) is 19.8 Å². The molecule has 3 fully saturated rings. The van der Waals surface area contributed by atoms with Gasteiger partial charge in [-0.25, -0.2) is 13.2 Å². The summed E-state index contributed by atoms with van der Waals surface area (Å²) in [6.45, 7) is 9.55. The van der Waals surface area contributed by atoms with E-state index in [1.807, 2.05) is 12.1 Å². The van der Waals surface area contributed by atoms with E-state index >= 15 is 0 Å². The summed E-state index contributed by atoms with van der Waals surface area (Å²) < 4.78 is 38.8. The lowest BCUT2D eigenvalue weighted by Gasteiger charge is -2.35. The van der Waals surface area contributed by atoms with Crippen molar-refractivity contribution in [1.29, 1.82) is 0 Å². The summed E-state index contributed by atoms with van der Waals surface area (Å²) in [5.41, 5.74) is -1.79. The second kappa shape index (κ2) is 13.1. The second-order valence-corrected chi connectivity index (χ2v) is 16.1. The minimum atomic E-state index is -3.89. The molecule has 4 aliphatic rings. The SMILES string of the molecule is C=C[C@@H]1C[C@]1(NC(=O)[C@@H]1C[C@@H]2CN1C(=O)[C@H](C(C)(C)C)NC(=O)OCCCCOc1ccccc1-n1nnc2n1)C(=O)NS(=O)(=O)C1CC1. The van der Waals surface area contributed by atoms with E-state index in [0.29, 0.717) is 43.7 Å². The fourth-order valence-electron chi connectivity index (χ4n) is 6.29. The minimum absolute atomic E-state index is 0.00418. The Bertz CT molecular complexity index is 1750. The Hall–Kier alpha value is -4.54. The number of hydrogen-bond acceptors (Lipinski definition) is 11. The number of carbonyl (C=O) groups is 4. The van der Waals surface area contributed by atoms with Crippen molar-refractivity contribution in [1.82, 2.24) is 40.5 Å². The number of alkyl carbamates (subject to hydrolysis) is 1. The van der Waals surface area contributed by atoms with E-state index in [1.54, 1.807) is 32.9 Å². The molecule has 1 aromatic heterocycles. The summed E-state index contributed by atoms with van der Waals surface area (Å²) >= 11 is 0. The summed E-state index contributed by atoms with van der Waals surface area (Å²) in [6.07, 6.45) is 2.95. The molecular weight excluding hydrogens is 656 g/mol. The van der Waals surface area contributed by atoms with E-state index in [0.717, 1.165) is 0 Å². The van der Waals surface area contributed by atoms with Gasteiger partial charge in [-0.2, -0.15) is 0 Å². The third-order valence-corrected chi connectivity index (χ3v) is 11.2. The number of ether oxygens (including phenoxy) is 2. The number of sulfonamides is 1. The molecule has 2 saturated carbocycles. The Morgan fingerprint density at radius 2 is 1.84 bits per heavy atom. The van der Waals surface area contributed by atoms with Crippen LogP contribution in [0.3, 0.4) is 0 Å². The van der Waals surface area contributed by atoms with Gasteiger partial charge >= 0.3 is 6.09 Å². The summed E-state index contributed by atoms with van der Waals surface area (Å²) in [4.78, 5) is 57.5. The van der Waals surface area contributed by atoms with Gasteiger partial charge in [0.25, 0.3) is 5.91 Å². The maximum absolute atomic E-state index is 14.4. The maximum atomic E-state index is 14.4. The number of aromatic nitrogens is 4. The van der Waals surface area contributed by atoms with Crippen molar-refractivity contribution in [3.05, 3.63) is 42.7 Å². The molecule has 264 valence electrons. The second-order valence-electron chi connectivity index (χ2n) is 14.2. The van der Waals surface area contributed by atoms with Gasteiger partial charge in [-0.15, -0.1) is 21.6 Å². The molecule has 0 radical (unpaired) electrons. The third kappa shape index (κ3) is 7.12. The molecule has 4 amide bonds. The lowest BCUT2D eigenvalue weighted by atomic mass is 9.85. The number of benzene rings is 1. The van der Waals surface area contributed by atoms with E-state index in [1.165, 1.54) is 15.8 Å². The van der Waals surface area contributed by atoms with Gasteiger partial charge in [0.1, 0.15) is 29.1 Å². The van der Waals surface area contributed by atoms with Gasteiger partial charge in [0.15, 0.2) is 5.82 Å². The molecule has 4 bridgehead atoms. The highest BCUT2D eigenvalue weighted by Gasteiger charge is 2.62. The van der Waals surface area contributed by atoms with Crippen LogP contribution in [0.4, 0.5) is 4.79 Å². The van der Waals surface area contributed by atoms with Crippen LogP contribution in [0, 0.1) is 11.3 Å². The minimum Gasteiger partial charge on any atom is -0.491 e. The molecule has 3 N–H and O–H groups in total. The fourth-order valence-corrected chi connectivity index (χ4v) is 7.66. The molecule has 2 aliphatic carbocycles. The average molecular weight is 699 g/mol. The fraction of sp³-hybridized carbons (Fsp3) is 0.594. The lowest BCUT2D eigenvalue weighted by Crippen LogP contribution is -2.60. The highest BCUT2D eigenvalue weighted by atomic mass is 32.2. The first-order valence-corrected chi connectivity index (χ1v) is 18.0. The molecule has 1 saturated heterocycles. The zero-order valence-electron chi connectivity index (χ0n) is 27.8. The van der Waals surface area contributed by atoms with Gasteiger partial charge in [0, 0.05) is 18.4 Å². The highest BCUT2D eigenvalue weighted by Crippen LogP contribution is 2.46. The van der Waals surface area contributed by atoms with E-state index in [2.05, 4.69) is 37.3 Å². The highest BCUT2D eigenvalue weighted by molar-refractivity contribution is 7.91. The molecule has 1 aromatic carbocycles. The van der Waals surface area contributed by atoms with Gasteiger partial charge in [-0.1, -0.05) is 39.0 Å². The number of rotatable bonds is 6. The number of fused-ring (bicyclic) bond motifs is 7. The zero-order valence-corrected chi connectivity index (χ0v) is 28.6. The molecule has 2 aliphatic heterocycles. The Balaban J connectivity index is 1.33. The van der Waals surface area contributed by atoms with Crippen LogP contribution in [0.15, 0.2) is 36.9 Å². The van der Waals surface area contributed by atoms with Crippen LogP contribution in [-0.4, -0.2) is 100.0 Å². The number of hydrogen-bond donors (Lipinski definition) is 3. The first kappa shape index (κ1) is 34.3. The smallest absolute Gasteiger partial charge is 0.407 e. The maximum Gasteiger partial charge on any atom is 0.407 e. The van der Waals surface area contributed by atoms with Gasteiger partial charge < -0.3 is 25.0 Å². The van der Waals surface area contributed by atoms with Crippen molar-refractivity contribution < 1.29 is 37.1 Å². The van der Waals surface area contributed by atoms with Crippen molar-refractivity contribution in [2.24, 2.45) is 11.3 Å². The van der Waals surface area contributed by atoms with Gasteiger partial charge in [-0.05, 0) is 61.3 Å². The third-order valence-electron chi connectivity index (χ3n) is 9.42. The van der Waals surface area contributed by atoms with E-state index in [9.17, 15) is 27.6 Å². The number of amides is 4. The molecule has 2 aromatic rings. The molecule has 0 unspecified atom stereocenters. The average Bonchev–Trinajstić information content (AvgIpc) is 3.93. The number of nitrogens with one attached hydrogen (secondary N) is 3. The molecule has 49 heavy (non-hydrogen) atoms. The predicted molar refractivity (Wildman–Crippen MR) is 174 cm³/mol. The quantitative estimate of drug-likeness (QED) is 0.367. The van der Waals surface area contributed by atoms with Crippen LogP contribution in [-0.2, 0) is 29.1 Å². The van der Waals surface area contributed by atoms with Crippen LogP contribution in [0.2, 0.25) is 0 Å².